The van der Waals surface area contributed by atoms with Crippen LogP contribution in [0.3, 0.4) is 0 Å². The van der Waals surface area contributed by atoms with Crippen LogP contribution in [-0.2, 0) is 20.1 Å². The zero-order valence-electron chi connectivity index (χ0n) is 17.3. The number of piperazine rings is 1. The molecule has 0 radical (unpaired) electrons. The lowest BCUT2D eigenvalue weighted by molar-refractivity contribution is 0.172. The van der Waals surface area contributed by atoms with E-state index in [1.54, 1.807) is 0 Å². The van der Waals surface area contributed by atoms with E-state index in [1.807, 2.05) is 18.8 Å². The maximum atomic E-state index is 4.50. The first-order valence-corrected chi connectivity index (χ1v) is 9.70. The highest BCUT2D eigenvalue weighted by Crippen LogP contribution is 2.13. The van der Waals surface area contributed by atoms with Crippen molar-refractivity contribution in [3.8, 4) is 0 Å². The van der Waals surface area contributed by atoms with Crippen molar-refractivity contribution in [1.29, 1.82) is 0 Å². The maximum absolute atomic E-state index is 4.50. The molecule has 1 aromatic heterocycles. The molecule has 0 bridgehead atoms. The molecule has 0 atom stereocenters. The summed E-state index contributed by atoms with van der Waals surface area (Å²) in [5, 5.41) is 8.03. The standard InChI is InChI=1S/C21H32N6/c1-16-7-6-8-19(13-16)15-26-9-11-27(12-10-26)21(22-4)23-14-20-17(2)24-25(5)18(20)3/h6-8,13H,9-12,14-15H2,1-5H3,(H,22,23). The summed E-state index contributed by atoms with van der Waals surface area (Å²) in [6.45, 7) is 12.2. The molecular weight excluding hydrogens is 336 g/mol. The molecule has 0 aliphatic carbocycles. The summed E-state index contributed by atoms with van der Waals surface area (Å²) in [5.41, 5.74) is 6.28. The number of hydrogen-bond donors (Lipinski definition) is 1. The van der Waals surface area contributed by atoms with Gasteiger partial charge in [-0.1, -0.05) is 29.8 Å². The molecule has 1 N–H and O–H groups in total. The number of rotatable bonds is 4. The fraction of sp³-hybridized carbons (Fsp3) is 0.524. The Morgan fingerprint density at radius 1 is 1.15 bits per heavy atom. The second-order valence-electron chi connectivity index (χ2n) is 7.43. The summed E-state index contributed by atoms with van der Waals surface area (Å²) in [6, 6.07) is 8.81. The summed E-state index contributed by atoms with van der Waals surface area (Å²) in [7, 11) is 3.86. The number of hydrogen-bond acceptors (Lipinski definition) is 3. The number of aromatic nitrogens is 2. The Hall–Kier alpha value is -2.34. The predicted octanol–water partition coefficient (Wildman–Crippen LogP) is 2.24. The lowest BCUT2D eigenvalue weighted by Gasteiger charge is -2.36. The SMILES string of the molecule is CN=C(NCc1c(C)nn(C)c1C)N1CCN(Cc2cccc(C)c2)CC1. The van der Waals surface area contributed by atoms with Gasteiger partial charge in [0.2, 0.25) is 0 Å². The van der Waals surface area contributed by atoms with Gasteiger partial charge in [0.25, 0.3) is 0 Å². The minimum absolute atomic E-state index is 0.766. The van der Waals surface area contributed by atoms with Crippen LogP contribution in [0, 0.1) is 20.8 Å². The van der Waals surface area contributed by atoms with E-state index < -0.39 is 0 Å². The van der Waals surface area contributed by atoms with Gasteiger partial charge in [-0.2, -0.15) is 5.10 Å². The summed E-state index contributed by atoms with van der Waals surface area (Å²) in [4.78, 5) is 9.38. The Kier molecular flexibility index (Phi) is 6.16. The molecule has 146 valence electrons. The fourth-order valence-electron chi connectivity index (χ4n) is 3.76. The smallest absolute Gasteiger partial charge is 0.194 e. The molecule has 6 nitrogen and oxygen atoms in total. The van der Waals surface area contributed by atoms with Crippen molar-refractivity contribution >= 4 is 5.96 Å². The monoisotopic (exact) mass is 368 g/mol. The molecule has 1 fully saturated rings. The molecule has 2 aromatic rings. The van der Waals surface area contributed by atoms with Gasteiger partial charge < -0.3 is 10.2 Å². The minimum atomic E-state index is 0.766. The van der Waals surface area contributed by atoms with Gasteiger partial charge in [-0.25, -0.2) is 0 Å². The zero-order valence-corrected chi connectivity index (χ0v) is 17.3. The number of nitrogens with one attached hydrogen (secondary N) is 1. The van der Waals surface area contributed by atoms with Crippen molar-refractivity contribution in [3.05, 3.63) is 52.3 Å². The molecule has 3 rings (SSSR count). The minimum Gasteiger partial charge on any atom is -0.352 e. The van der Waals surface area contributed by atoms with Crippen LogP contribution in [0.2, 0.25) is 0 Å². The lowest BCUT2D eigenvalue weighted by Crippen LogP contribution is -2.52. The van der Waals surface area contributed by atoms with Crippen LogP contribution < -0.4 is 5.32 Å². The van der Waals surface area contributed by atoms with Gasteiger partial charge in [0.05, 0.1) is 5.69 Å². The van der Waals surface area contributed by atoms with Crippen LogP contribution in [0.1, 0.15) is 28.1 Å². The molecule has 0 saturated carbocycles. The second kappa shape index (κ2) is 8.57. The third-order valence-corrected chi connectivity index (χ3v) is 5.45. The zero-order chi connectivity index (χ0) is 19.4. The average Bonchev–Trinajstić information content (AvgIpc) is 2.89. The van der Waals surface area contributed by atoms with Gasteiger partial charge in [-0.3, -0.25) is 14.6 Å². The first kappa shape index (κ1) is 19.4. The Morgan fingerprint density at radius 3 is 2.48 bits per heavy atom. The van der Waals surface area contributed by atoms with Crippen LogP contribution in [-0.4, -0.2) is 58.8 Å². The van der Waals surface area contributed by atoms with Gasteiger partial charge in [0.1, 0.15) is 0 Å². The summed E-state index contributed by atoms with van der Waals surface area (Å²) in [5.74, 6) is 0.979. The molecule has 0 amide bonds. The topological polar surface area (TPSA) is 48.7 Å². The number of benzene rings is 1. The normalized spacial score (nSPS) is 16.0. The van der Waals surface area contributed by atoms with Gasteiger partial charge in [0.15, 0.2) is 5.96 Å². The average molecular weight is 369 g/mol. The molecule has 0 spiro atoms. The van der Waals surface area contributed by atoms with Crippen LogP contribution in [0.15, 0.2) is 29.3 Å². The van der Waals surface area contributed by atoms with Gasteiger partial charge in [0, 0.05) is 64.6 Å². The van der Waals surface area contributed by atoms with Crippen molar-refractivity contribution < 1.29 is 0 Å². The molecule has 1 aromatic carbocycles. The van der Waals surface area contributed by atoms with Crippen molar-refractivity contribution in [1.82, 2.24) is 24.9 Å². The molecular formula is C21H32N6. The molecule has 1 saturated heterocycles. The molecule has 0 unspecified atom stereocenters. The van der Waals surface area contributed by atoms with Gasteiger partial charge in [-0.15, -0.1) is 0 Å². The van der Waals surface area contributed by atoms with Gasteiger partial charge in [-0.05, 0) is 26.3 Å². The fourth-order valence-corrected chi connectivity index (χ4v) is 3.76. The van der Waals surface area contributed by atoms with Gasteiger partial charge >= 0.3 is 0 Å². The van der Waals surface area contributed by atoms with Crippen molar-refractivity contribution in [3.63, 3.8) is 0 Å². The van der Waals surface area contributed by atoms with Crippen LogP contribution >= 0.6 is 0 Å². The summed E-state index contributed by atoms with van der Waals surface area (Å²) >= 11 is 0. The molecule has 27 heavy (non-hydrogen) atoms. The second-order valence-corrected chi connectivity index (χ2v) is 7.43. The molecule has 1 aliphatic heterocycles. The molecule has 6 heteroatoms. The lowest BCUT2D eigenvalue weighted by atomic mass is 10.1. The Morgan fingerprint density at radius 2 is 1.89 bits per heavy atom. The highest BCUT2D eigenvalue weighted by atomic mass is 15.3. The summed E-state index contributed by atoms with van der Waals surface area (Å²) in [6.07, 6.45) is 0. The van der Waals surface area contributed by atoms with Crippen LogP contribution in [0.5, 0.6) is 0 Å². The number of aryl methyl sites for hydroxylation is 3. The first-order valence-electron chi connectivity index (χ1n) is 9.70. The van der Waals surface area contributed by atoms with E-state index >= 15 is 0 Å². The van der Waals surface area contributed by atoms with Crippen molar-refractivity contribution in [2.45, 2.75) is 33.9 Å². The van der Waals surface area contributed by atoms with E-state index in [0.29, 0.717) is 0 Å². The quantitative estimate of drug-likeness (QED) is 0.664. The van der Waals surface area contributed by atoms with E-state index in [2.05, 4.69) is 70.2 Å². The Balaban J connectivity index is 1.53. The third-order valence-electron chi connectivity index (χ3n) is 5.45. The highest BCUT2D eigenvalue weighted by molar-refractivity contribution is 5.80. The van der Waals surface area contributed by atoms with E-state index in [0.717, 1.165) is 50.9 Å². The van der Waals surface area contributed by atoms with E-state index in [-0.39, 0.29) is 0 Å². The third kappa shape index (κ3) is 4.69. The number of guanidine groups is 1. The van der Waals surface area contributed by atoms with Crippen LogP contribution in [0.25, 0.3) is 0 Å². The number of nitrogens with zero attached hydrogens (tertiary/aromatic N) is 5. The Labute approximate surface area is 162 Å². The van der Waals surface area contributed by atoms with E-state index in [4.69, 9.17) is 0 Å². The maximum Gasteiger partial charge on any atom is 0.194 e. The Bertz CT molecular complexity index is 799. The van der Waals surface area contributed by atoms with E-state index in [9.17, 15) is 0 Å². The van der Waals surface area contributed by atoms with Crippen molar-refractivity contribution in [2.75, 3.05) is 33.2 Å². The largest absolute Gasteiger partial charge is 0.352 e. The molecule has 1 aliphatic rings. The first-order chi connectivity index (χ1) is 13.0. The predicted molar refractivity (Wildman–Crippen MR) is 111 cm³/mol. The number of aliphatic imine (C=N–C) groups is 1. The highest BCUT2D eigenvalue weighted by Gasteiger charge is 2.20. The van der Waals surface area contributed by atoms with Crippen molar-refractivity contribution in [2.24, 2.45) is 12.0 Å². The molecule has 2 heterocycles. The van der Waals surface area contributed by atoms with E-state index in [1.165, 1.54) is 22.4 Å². The summed E-state index contributed by atoms with van der Waals surface area (Å²) < 4.78 is 1.94. The van der Waals surface area contributed by atoms with Crippen LogP contribution in [0.4, 0.5) is 0 Å².